The number of allylic oxidation sites excluding steroid dienone is 8. The molecule has 8 heterocycles. The van der Waals surface area contributed by atoms with Crippen molar-refractivity contribution in [2.45, 2.75) is 237 Å². The Morgan fingerprint density at radius 1 is 0.597 bits per heavy atom. The van der Waals surface area contributed by atoms with Crippen molar-refractivity contribution in [1.82, 2.24) is 0 Å². The van der Waals surface area contributed by atoms with Gasteiger partial charge in [0.2, 0.25) is 0 Å². The zero-order valence-corrected chi connectivity index (χ0v) is 47.5. The molecule has 10 aliphatic rings. The van der Waals surface area contributed by atoms with Crippen molar-refractivity contribution in [3.63, 3.8) is 0 Å². The van der Waals surface area contributed by atoms with E-state index in [-0.39, 0.29) is 37.6 Å². The van der Waals surface area contributed by atoms with Gasteiger partial charge in [-0.25, -0.2) is 0 Å². The topological polar surface area (TPSA) is 189 Å². The maximum atomic E-state index is 13.9. The Kier molecular flexibility index (Phi) is 17.7. The second-order valence-electron chi connectivity index (χ2n) is 25.1. The molecular weight excluding hydrogens is 981 g/mol. The number of carbonyl (C=O) groups is 2. The van der Waals surface area contributed by atoms with Crippen LogP contribution >= 0.6 is 0 Å². The molecule has 0 radical (unpaired) electrons. The first kappa shape index (κ1) is 58.1. The molecule has 0 aromatic rings. The van der Waals surface area contributed by atoms with Gasteiger partial charge in [0.25, 0.3) is 0 Å². The first-order valence-corrected chi connectivity index (χ1v) is 29.1. The molecule has 426 valence electrons. The smallest absolute Gasteiger partial charge is 0.316 e. The second kappa shape index (κ2) is 23.5. The normalized spacial score (nSPS) is 49.2. The largest absolute Gasteiger partial charge is 0.462 e. The van der Waals surface area contributed by atoms with Gasteiger partial charge in [-0.05, 0) is 126 Å². The van der Waals surface area contributed by atoms with Crippen molar-refractivity contribution < 1.29 is 67.9 Å². The predicted octanol–water partition coefficient (Wildman–Crippen LogP) is 9.46. The van der Waals surface area contributed by atoms with E-state index in [4.69, 9.17) is 37.9 Å². The Morgan fingerprint density at radius 3 is 1.48 bits per heavy atom. The third-order valence-electron chi connectivity index (χ3n) is 18.8. The van der Waals surface area contributed by atoms with Crippen molar-refractivity contribution in [3.8, 4) is 0 Å². The lowest BCUT2D eigenvalue weighted by Crippen LogP contribution is -2.58. The van der Waals surface area contributed by atoms with Gasteiger partial charge < -0.3 is 58.3 Å². The molecule has 0 aromatic carbocycles. The maximum absolute atomic E-state index is 13.9. The zero-order valence-electron chi connectivity index (χ0n) is 47.5. The summed E-state index contributed by atoms with van der Waals surface area (Å²) in [6.07, 6.45) is 24.5. The number of fused-ring (bicyclic) bond motifs is 4. The number of ether oxygens (including phenoxy) is 8. The van der Waals surface area contributed by atoms with Crippen molar-refractivity contribution in [3.05, 3.63) is 94.2 Å². The van der Waals surface area contributed by atoms with Gasteiger partial charge in [0, 0.05) is 38.5 Å². The summed E-state index contributed by atoms with van der Waals surface area (Å²) in [5.74, 6) is -3.05. The third-order valence-corrected chi connectivity index (χ3v) is 18.8. The number of hydrogen-bond donors (Lipinski definition) is 4. The fourth-order valence-corrected chi connectivity index (χ4v) is 14.1. The van der Waals surface area contributed by atoms with Crippen LogP contribution in [0.25, 0.3) is 0 Å². The summed E-state index contributed by atoms with van der Waals surface area (Å²) >= 11 is 0. The number of aliphatic hydroxyl groups is 4. The highest BCUT2D eigenvalue weighted by atomic mass is 16.7. The van der Waals surface area contributed by atoms with E-state index in [1.807, 2.05) is 24.3 Å². The summed E-state index contributed by atoms with van der Waals surface area (Å²) in [6, 6.07) is 0. The van der Waals surface area contributed by atoms with Crippen molar-refractivity contribution in [1.29, 1.82) is 0 Å². The molecule has 6 saturated heterocycles. The van der Waals surface area contributed by atoms with Crippen LogP contribution in [-0.2, 0) is 47.5 Å². The second-order valence-corrected chi connectivity index (χ2v) is 25.1. The van der Waals surface area contributed by atoms with E-state index in [1.165, 1.54) is 11.1 Å². The Labute approximate surface area is 457 Å². The minimum absolute atomic E-state index is 0.0526. The lowest BCUT2D eigenvalue weighted by molar-refractivity contribution is -0.335. The van der Waals surface area contributed by atoms with Crippen LogP contribution in [-0.4, -0.2) is 129 Å². The number of carbonyl (C=O) groups excluding carboxylic acids is 2. The van der Waals surface area contributed by atoms with Gasteiger partial charge in [-0.1, -0.05) is 107 Å². The molecule has 4 bridgehead atoms. The van der Waals surface area contributed by atoms with Gasteiger partial charge in [-0.3, -0.25) is 9.59 Å². The molecule has 2 spiro atoms. The molecule has 0 amide bonds. The number of esters is 2. The summed E-state index contributed by atoms with van der Waals surface area (Å²) in [5, 5.41) is 45.7. The molecular formula is C63H90O14. The van der Waals surface area contributed by atoms with Crippen LogP contribution in [0.4, 0.5) is 0 Å². The fraction of sp³-hybridized carbons (Fsp3) is 0.714. The van der Waals surface area contributed by atoms with Crippen LogP contribution in [0.3, 0.4) is 0 Å². The van der Waals surface area contributed by atoms with Crippen molar-refractivity contribution >= 4 is 11.9 Å². The highest BCUT2D eigenvalue weighted by Gasteiger charge is 2.62. The molecule has 77 heavy (non-hydrogen) atoms. The quantitative estimate of drug-likeness (QED) is 0.144. The average Bonchev–Trinajstić information content (AvgIpc) is 4.10. The molecule has 14 nitrogen and oxygen atoms in total. The van der Waals surface area contributed by atoms with Crippen LogP contribution < -0.4 is 0 Å². The van der Waals surface area contributed by atoms with E-state index in [9.17, 15) is 30.0 Å². The van der Waals surface area contributed by atoms with E-state index in [0.29, 0.717) is 71.6 Å². The molecule has 0 aromatic heterocycles. The number of hydrogen-bond acceptors (Lipinski definition) is 14. The molecule has 0 saturated carbocycles. The molecule has 4 N–H and O–H groups in total. The standard InChI is InChI=1S/C32H46O7.C31H44O7/c1-6-27-21(4)12-13-31(39-27)17-25-16-24(38-31)11-10-20(3)14-19(2)8-7-9-23-18-36-29-28(33)22(5)15-26(30(34)37-25)32(23,29)35;1-18-7-6-8-23-17-35-28-27(32)21(4)14-26(31(23,28)34)29(33)36-25-15-24(10-9-19(2)13-18)38-30(16-25)12-11-20(3)22(5)37-30/h7-10,15,19,21,24-29,33,35H,6,11-14,16-18H2,1-5H3;6-9,14,18,20,22,24-28,32,34H,10-13,15-17H2,1-5H3/b8-7+,20-10+,23-9+;7-6+,19-9+,23-8+/t19-,21-,24+,25-,26-,27+,28+,29+,31+,32+;18-,20-,22+,24+,25-,26-,27+,28+,30-,31+/m00/s1. The SMILES string of the molecule is CC1=C[C@H]2C(=O)O[C@H]3C[C@@H](C/C=C(\C)C[C@@H](C)/C=C/C=C4\CO[C@H]([C@@H]1O)[C@@]42O)O[C@@]1(CC[C@H](C)[C@@H](C)O1)C3.CC[C@H]1O[C@]2(CC[C@@H]1C)C[C@@H]1C[C@@H](C/C=C(\C)C[C@@H](C)/C=C/C=C3\CO[C@@H]4[C@H](O)C(C)=C[C@@H](C(=O)O1)[C@]34O)O2. The zero-order chi connectivity index (χ0) is 55.2. The summed E-state index contributed by atoms with van der Waals surface area (Å²) in [6.45, 7) is 21.1. The molecule has 6 fully saturated rings. The van der Waals surface area contributed by atoms with Crippen LogP contribution in [0.2, 0.25) is 0 Å². The van der Waals surface area contributed by atoms with E-state index in [2.05, 4.69) is 79.7 Å². The van der Waals surface area contributed by atoms with Crippen LogP contribution in [0, 0.1) is 35.5 Å². The van der Waals surface area contributed by atoms with Gasteiger partial charge in [0.15, 0.2) is 11.6 Å². The van der Waals surface area contributed by atoms with E-state index < -0.39 is 83.2 Å². The van der Waals surface area contributed by atoms with Gasteiger partial charge in [0.1, 0.15) is 59.7 Å². The molecule has 0 unspecified atom stereocenters. The van der Waals surface area contributed by atoms with Gasteiger partial charge >= 0.3 is 11.9 Å². The Hall–Kier alpha value is -3.54. The summed E-state index contributed by atoms with van der Waals surface area (Å²) in [7, 11) is 0. The average molecular weight is 1070 g/mol. The van der Waals surface area contributed by atoms with Crippen LogP contribution in [0.5, 0.6) is 0 Å². The number of aliphatic hydroxyl groups excluding tert-OH is 2. The highest BCUT2D eigenvalue weighted by molar-refractivity contribution is 5.79. The van der Waals surface area contributed by atoms with Gasteiger partial charge in [0.05, 0.1) is 37.6 Å². The van der Waals surface area contributed by atoms with E-state index in [0.717, 1.165) is 57.8 Å². The van der Waals surface area contributed by atoms with Crippen LogP contribution in [0.15, 0.2) is 94.2 Å². The molecule has 20 atom stereocenters. The predicted molar refractivity (Wildman–Crippen MR) is 291 cm³/mol. The summed E-state index contributed by atoms with van der Waals surface area (Å²) in [5.41, 5.74) is 1.57. The Morgan fingerprint density at radius 2 is 1.04 bits per heavy atom. The maximum Gasteiger partial charge on any atom is 0.316 e. The highest BCUT2D eigenvalue weighted by Crippen LogP contribution is 2.50. The molecule has 10 rings (SSSR count). The summed E-state index contributed by atoms with van der Waals surface area (Å²) < 4.78 is 50.6. The Bertz CT molecular complexity index is 2430. The van der Waals surface area contributed by atoms with Gasteiger partial charge in [-0.15, -0.1) is 0 Å². The molecule has 8 aliphatic heterocycles. The molecule has 14 heteroatoms. The van der Waals surface area contributed by atoms with Crippen LogP contribution in [0.1, 0.15) is 153 Å². The first-order chi connectivity index (χ1) is 36.5. The lowest BCUT2D eigenvalue weighted by atomic mass is 9.71. The first-order valence-electron chi connectivity index (χ1n) is 29.1. The Balaban J connectivity index is 0.000000188. The molecule has 2 aliphatic carbocycles. The fourth-order valence-electron chi connectivity index (χ4n) is 14.1. The minimum Gasteiger partial charge on any atom is -0.462 e. The lowest BCUT2D eigenvalue weighted by Gasteiger charge is -2.50. The summed E-state index contributed by atoms with van der Waals surface area (Å²) in [4.78, 5) is 27.7. The minimum atomic E-state index is -1.68. The monoisotopic (exact) mass is 1070 g/mol. The number of rotatable bonds is 1. The van der Waals surface area contributed by atoms with Crippen molar-refractivity contribution in [2.24, 2.45) is 35.5 Å². The van der Waals surface area contributed by atoms with Crippen molar-refractivity contribution in [2.75, 3.05) is 13.2 Å². The third kappa shape index (κ3) is 12.1. The van der Waals surface area contributed by atoms with Gasteiger partial charge in [-0.2, -0.15) is 0 Å². The van der Waals surface area contributed by atoms with E-state index in [1.54, 1.807) is 26.0 Å². The van der Waals surface area contributed by atoms with E-state index >= 15 is 0 Å².